The topological polar surface area (TPSA) is 58.4 Å². The Morgan fingerprint density at radius 3 is 2.72 bits per heavy atom. The third-order valence-electron chi connectivity index (χ3n) is 5.93. The Hall–Kier alpha value is -2.40. The van der Waals surface area contributed by atoms with E-state index >= 15 is 0 Å². The van der Waals surface area contributed by atoms with E-state index in [1.165, 1.54) is 5.39 Å². The van der Waals surface area contributed by atoms with E-state index in [0.717, 1.165) is 29.6 Å². The molecule has 3 atom stereocenters. The van der Waals surface area contributed by atoms with Gasteiger partial charge >= 0.3 is 0 Å². The van der Waals surface area contributed by atoms with Crippen molar-refractivity contribution >= 4 is 22.2 Å². The Kier molecular flexibility index (Phi) is 3.01. The standard InChI is InChI=1S/C20H22N4O/c1-20(2,23-19(25)18-14-7-21-8-15(14)18)16-10-24-11-22-9-17(24)13-6-4-3-5-12(13)16/h3-6,9-11,14-15,18,21H,7-8H2,1-2H3,(H,23,25)/t14-,15+,18?. The van der Waals surface area contributed by atoms with E-state index < -0.39 is 5.54 Å². The first kappa shape index (κ1) is 14.9. The maximum atomic E-state index is 12.8. The minimum absolute atomic E-state index is 0.184. The van der Waals surface area contributed by atoms with Crippen molar-refractivity contribution in [2.45, 2.75) is 19.4 Å². The summed E-state index contributed by atoms with van der Waals surface area (Å²) in [5.41, 5.74) is 1.76. The SMILES string of the molecule is CC(C)(NC(=O)C1[C@H]2CNC[C@@H]12)c1cn2cncc2c2ccccc12. The monoisotopic (exact) mass is 334 g/mol. The normalized spacial score (nSPS) is 25.3. The highest BCUT2D eigenvalue weighted by Gasteiger charge is 2.57. The van der Waals surface area contributed by atoms with Crippen LogP contribution in [-0.2, 0) is 10.3 Å². The minimum Gasteiger partial charge on any atom is -0.347 e. The molecule has 1 aliphatic heterocycles. The van der Waals surface area contributed by atoms with Gasteiger partial charge < -0.3 is 15.0 Å². The van der Waals surface area contributed by atoms with Gasteiger partial charge in [-0.25, -0.2) is 4.98 Å². The Morgan fingerprint density at radius 2 is 1.96 bits per heavy atom. The van der Waals surface area contributed by atoms with Crippen LogP contribution in [0.15, 0.2) is 43.0 Å². The summed E-state index contributed by atoms with van der Waals surface area (Å²) < 4.78 is 2.04. The van der Waals surface area contributed by atoms with E-state index in [1.54, 1.807) is 0 Å². The Labute approximate surface area is 146 Å². The number of hydrogen-bond donors (Lipinski definition) is 2. The van der Waals surface area contributed by atoms with E-state index in [4.69, 9.17) is 0 Å². The highest BCUT2D eigenvalue weighted by atomic mass is 16.2. The number of rotatable bonds is 3. The summed E-state index contributed by atoms with van der Waals surface area (Å²) in [4.78, 5) is 17.1. The zero-order valence-electron chi connectivity index (χ0n) is 14.5. The van der Waals surface area contributed by atoms with Crippen molar-refractivity contribution < 1.29 is 4.79 Å². The fraction of sp³-hybridized carbons (Fsp3) is 0.400. The molecule has 1 saturated heterocycles. The molecule has 0 radical (unpaired) electrons. The van der Waals surface area contributed by atoms with E-state index in [0.29, 0.717) is 11.8 Å². The van der Waals surface area contributed by atoms with Gasteiger partial charge in [-0.3, -0.25) is 4.79 Å². The number of amides is 1. The second-order valence-electron chi connectivity index (χ2n) is 7.90. The number of carbonyl (C=O) groups excluding carboxylic acids is 1. The fourth-order valence-corrected chi connectivity index (χ4v) is 4.53. The molecule has 1 aromatic carbocycles. The molecule has 2 fully saturated rings. The lowest BCUT2D eigenvalue weighted by Gasteiger charge is -2.29. The van der Waals surface area contributed by atoms with Gasteiger partial charge in [-0.2, -0.15) is 0 Å². The van der Waals surface area contributed by atoms with Crippen LogP contribution in [0.3, 0.4) is 0 Å². The number of imidazole rings is 1. The molecule has 2 N–H and O–H groups in total. The molecule has 25 heavy (non-hydrogen) atoms. The summed E-state index contributed by atoms with van der Waals surface area (Å²) in [6, 6.07) is 8.34. The zero-order chi connectivity index (χ0) is 17.2. The molecule has 1 aliphatic carbocycles. The molecule has 128 valence electrons. The molecule has 3 aromatic rings. The number of nitrogens with zero attached hydrogens (tertiary/aromatic N) is 2. The van der Waals surface area contributed by atoms with Gasteiger partial charge in [0.2, 0.25) is 5.91 Å². The van der Waals surface area contributed by atoms with Crippen molar-refractivity contribution in [3.63, 3.8) is 0 Å². The van der Waals surface area contributed by atoms with Crippen molar-refractivity contribution in [3.05, 3.63) is 48.5 Å². The van der Waals surface area contributed by atoms with Gasteiger partial charge in [0.1, 0.15) is 0 Å². The molecule has 1 unspecified atom stereocenters. The van der Waals surface area contributed by atoms with Gasteiger partial charge in [0.15, 0.2) is 0 Å². The van der Waals surface area contributed by atoms with Crippen LogP contribution in [0.1, 0.15) is 19.4 Å². The van der Waals surface area contributed by atoms with Crippen LogP contribution in [0.2, 0.25) is 0 Å². The average Bonchev–Trinajstić information content (AvgIpc) is 2.95. The summed E-state index contributed by atoms with van der Waals surface area (Å²) in [5, 5.41) is 8.99. The number of aromatic nitrogens is 2. The van der Waals surface area contributed by atoms with Gasteiger partial charge in [0, 0.05) is 23.1 Å². The van der Waals surface area contributed by atoms with Gasteiger partial charge in [-0.1, -0.05) is 24.3 Å². The number of benzene rings is 1. The molecular weight excluding hydrogens is 312 g/mol. The Balaban J connectivity index is 1.55. The molecule has 5 heteroatoms. The number of fused-ring (bicyclic) bond motifs is 4. The minimum atomic E-state index is -0.445. The maximum Gasteiger partial charge on any atom is 0.224 e. The molecule has 2 aliphatic rings. The number of hydrogen-bond acceptors (Lipinski definition) is 3. The molecule has 1 amide bonds. The number of carbonyl (C=O) groups is 1. The largest absolute Gasteiger partial charge is 0.347 e. The van der Waals surface area contributed by atoms with Crippen LogP contribution in [0.25, 0.3) is 16.3 Å². The molecule has 5 rings (SSSR count). The van der Waals surface area contributed by atoms with Crippen LogP contribution >= 0.6 is 0 Å². The zero-order valence-corrected chi connectivity index (χ0v) is 14.5. The van der Waals surface area contributed by atoms with Gasteiger partial charge in [0.25, 0.3) is 0 Å². The van der Waals surface area contributed by atoms with E-state index in [9.17, 15) is 4.79 Å². The third-order valence-corrected chi connectivity index (χ3v) is 5.93. The fourth-order valence-electron chi connectivity index (χ4n) is 4.53. The van der Waals surface area contributed by atoms with E-state index in [1.807, 2.05) is 29.1 Å². The highest BCUT2D eigenvalue weighted by molar-refractivity contribution is 5.98. The van der Waals surface area contributed by atoms with Gasteiger partial charge in [-0.15, -0.1) is 0 Å². The second-order valence-corrected chi connectivity index (χ2v) is 7.90. The predicted octanol–water partition coefficient (Wildman–Crippen LogP) is 2.30. The average molecular weight is 334 g/mol. The van der Waals surface area contributed by atoms with Crippen molar-refractivity contribution in [2.24, 2.45) is 17.8 Å². The molecule has 0 spiro atoms. The summed E-state index contributed by atoms with van der Waals surface area (Å²) in [5.74, 6) is 1.44. The van der Waals surface area contributed by atoms with Crippen LogP contribution in [0, 0.1) is 17.8 Å². The Morgan fingerprint density at radius 1 is 1.24 bits per heavy atom. The second kappa shape index (κ2) is 5.05. The number of pyridine rings is 1. The number of nitrogens with one attached hydrogen (secondary N) is 2. The molecule has 5 nitrogen and oxygen atoms in total. The summed E-state index contributed by atoms with van der Waals surface area (Å²) >= 11 is 0. The lowest BCUT2D eigenvalue weighted by Crippen LogP contribution is -2.43. The molecular formula is C20H22N4O. The van der Waals surface area contributed by atoms with E-state index in [-0.39, 0.29) is 11.8 Å². The van der Waals surface area contributed by atoms with Crippen LogP contribution in [0.5, 0.6) is 0 Å². The lowest BCUT2D eigenvalue weighted by molar-refractivity contribution is -0.124. The third kappa shape index (κ3) is 2.19. The van der Waals surface area contributed by atoms with Crippen LogP contribution in [-0.4, -0.2) is 28.4 Å². The first-order valence-corrected chi connectivity index (χ1v) is 8.93. The first-order chi connectivity index (χ1) is 12.1. The van der Waals surface area contributed by atoms with Crippen LogP contribution < -0.4 is 10.6 Å². The van der Waals surface area contributed by atoms with Crippen molar-refractivity contribution in [3.8, 4) is 0 Å². The summed E-state index contributed by atoms with van der Waals surface area (Å²) in [6.07, 6.45) is 5.80. The lowest BCUT2D eigenvalue weighted by atomic mass is 9.90. The van der Waals surface area contributed by atoms with Gasteiger partial charge in [-0.05, 0) is 44.2 Å². The smallest absolute Gasteiger partial charge is 0.224 e. The quantitative estimate of drug-likeness (QED) is 0.773. The predicted molar refractivity (Wildman–Crippen MR) is 97.2 cm³/mol. The first-order valence-electron chi connectivity index (χ1n) is 8.93. The Bertz CT molecular complexity index is 980. The van der Waals surface area contributed by atoms with Crippen molar-refractivity contribution in [1.29, 1.82) is 0 Å². The van der Waals surface area contributed by atoms with Gasteiger partial charge in [0.05, 0.1) is 23.6 Å². The summed E-state index contributed by atoms with van der Waals surface area (Å²) in [6.45, 7) is 6.14. The highest BCUT2D eigenvalue weighted by Crippen LogP contribution is 2.49. The van der Waals surface area contributed by atoms with Crippen molar-refractivity contribution in [2.75, 3.05) is 13.1 Å². The number of piperidine rings is 1. The molecule has 2 aromatic heterocycles. The van der Waals surface area contributed by atoms with Crippen molar-refractivity contribution in [1.82, 2.24) is 20.0 Å². The van der Waals surface area contributed by atoms with Crippen LogP contribution in [0.4, 0.5) is 0 Å². The molecule has 1 saturated carbocycles. The molecule has 0 bridgehead atoms. The molecule has 3 heterocycles. The maximum absolute atomic E-state index is 12.8. The van der Waals surface area contributed by atoms with E-state index in [2.05, 4.69) is 47.8 Å². The summed E-state index contributed by atoms with van der Waals surface area (Å²) in [7, 11) is 0.